The minimum atomic E-state index is -1.02. The predicted molar refractivity (Wildman–Crippen MR) is 105 cm³/mol. The van der Waals surface area contributed by atoms with E-state index >= 15 is 0 Å². The molecule has 28 heavy (non-hydrogen) atoms. The normalized spacial score (nSPS) is 10.8. The maximum absolute atomic E-state index is 11.1. The summed E-state index contributed by atoms with van der Waals surface area (Å²) in [4.78, 5) is 21.5. The molecule has 0 spiro atoms. The van der Waals surface area contributed by atoms with Gasteiger partial charge in [-0.25, -0.2) is 9.59 Å². The van der Waals surface area contributed by atoms with Gasteiger partial charge in [0.05, 0.1) is 6.07 Å². The first-order valence-corrected chi connectivity index (χ1v) is 8.07. The number of carbonyl (C=O) groups is 2. The van der Waals surface area contributed by atoms with Gasteiger partial charge in [0.2, 0.25) is 0 Å². The van der Waals surface area contributed by atoms with Crippen molar-refractivity contribution < 1.29 is 29.3 Å². The first kappa shape index (κ1) is 24.4. The Morgan fingerprint density at radius 2 is 1.89 bits per heavy atom. The lowest BCUT2D eigenvalue weighted by Crippen LogP contribution is -2.09. The van der Waals surface area contributed by atoms with Gasteiger partial charge in [0.15, 0.2) is 6.79 Å². The molecule has 1 aromatic carbocycles. The number of carbonyl (C=O) groups excluding carboxylic acids is 1. The number of nitrogens with zero attached hydrogens (tertiary/aromatic N) is 1. The Balaban J connectivity index is 0.000000525. The van der Waals surface area contributed by atoms with Crippen molar-refractivity contribution in [1.82, 2.24) is 0 Å². The summed E-state index contributed by atoms with van der Waals surface area (Å²) in [6.45, 7) is 4.77. The zero-order valence-electron chi connectivity index (χ0n) is 15.8. The van der Waals surface area contributed by atoms with E-state index < -0.39 is 11.9 Å². The number of rotatable bonds is 8. The van der Waals surface area contributed by atoms with Crippen LogP contribution in [0.4, 0.5) is 0 Å². The molecule has 0 saturated heterocycles. The van der Waals surface area contributed by atoms with Crippen LogP contribution in [0.3, 0.4) is 0 Å². The number of carboxylic acids is 1. The summed E-state index contributed by atoms with van der Waals surface area (Å²) in [7, 11) is 1.39. The van der Waals surface area contributed by atoms with Crippen LogP contribution in [-0.4, -0.2) is 36.1 Å². The Morgan fingerprint density at radius 3 is 2.43 bits per heavy atom. The number of aliphatic carboxylic acids is 1. The molecule has 0 aliphatic carbocycles. The van der Waals surface area contributed by atoms with E-state index in [2.05, 4.69) is 16.1 Å². The average molecular weight is 385 g/mol. The smallest absolute Gasteiger partial charge is 0.335 e. The Morgan fingerprint density at radius 1 is 1.25 bits per heavy atom. The van der Waals surface area contributed by atoms with Crippen LogP contribution < -0.4 is 0 Å². The van der Waals surface area contributed by atoms with E-state index in [1.807, 2.05) is 12.1 Å². The number of allylic oxidation sites excluding steroid dienone is 4. The zero-order chi connectivity index (χ0) is 21.4. The SMILES string of the molecule is C=C(CC=C(C)C(=O)O)C(=O)OCOC.N#CC=CC=Cc1ccc(O)cc1. The second-order valence-corrected chi connectivity index (χ2v) is 5.28. The number of phenolic OH excluding ortho intramolecular Hbond substituents is 1. The first-order chi connectivity index (χ1) is 13.3. The lowest BCUT2D eigenvalue weighted by molar-refractivity contribution is -0.149. The van der Waals surface area contributed by atoms with Crippen LogP contribution in [0.15, 0.2) is 66.3 Å². The van der Waals surface area contributed by atoms with Crippen molar-refractivity contribution in [2.24, 2.45) is 0 Å². The van der Waals surface area contributed by atoms with Crippen molar-refractivity contribution in [2.45, 2.75) is 13.3 Å². The molecule has 0 aliphatic rings. The summed E-state index contributed by atoms with van der Waals surface area (Å²) < 4.78 is 9.14. The quantitative estimate of drug-likeness (QED) is 0.231. The maximum Gasteiger partial charge on any atom is 0.335 e. The number of methoxy groups -OCH3 is 1. The van der Waals surface area contributed by atoms with E-state index in [4.69, 9.17) is 15.5 Å². The highest BCUT2D eigenvalue weighted by Gasteiger charge is 2.07. The maximum atomic E-state index is 11.1. The van der Waals surface area contributed by atoms with Crippen LogP contribution in [0.25, 0.3) is 6.08 Å². The molecule has 1 aromatic rings. The van der Waals surface area contributed by atoms with E-state index in [9.17, 15) is 9.59 Å². The van der Waals surface area contributed by atoms with E-state index in [0.29, 0.717) is 0 Å². The van der Waals surface area contributed by atoms with Gasteiger partial charge in [-0.3, -0.25) is 0 Å². The molecular weight excluding hydrogens is 362 g/mol. The van der Waals surface area contributed by atoms with E-state index in [1.165, 1.54) is 26.2 Å². The van der Waals surface area contributed by atoms with Crippen LogP contribution in [0.2, 0.25) is 0 Å². The summed E-state index contributed by atoms with van der Waals surface area (Å²) in [6, 6.07) is 8.72. The average Bonchev–Trinajstić information content (AvgIpc) is 2.69. The molecule has 1 rings (SSSR count). The Hall–Kier alpha value is -3.63. The molecule has 7 nitrogen and oxygen atoms in total. The lowest BCUT2D eigenvalue weighted by atomic mass is 10.1. The standard InChI is InChI=1S/C11H9NO.C10H14O5/c12-9-3-1-2-4-10-5-7-11(13)8-6-10;1-7(9(11)12)4-5-8(2)10(13)15-6-14-3/h1-8,13H;4H,2,5-6H2,1,3H3,(H,11,12). The van der Waals surface area contributed by atoms with Gasteiger partial charge >= 0.3 is 11.9 Å². The zero-order valence-corrected chi connectivity index (χ0v) is 15.8. The number of hydrogen-bond acceptors (Lipinski definition) is 6. The number of phenols is 1. The molecule has 0 heterocycles. The van der Waals surface area contributed by atoms with Gasteiger partial charge in [-0.05, 0) is 31.0 Å². The highest BCUT2D eigenvalue weighted by Crippen LogP contribution is 2.10. The largest absolute Gasteiger partial charge is 0.508 e. The van der Waals surface area contributed by atoms with Gasteiger partial charge in [0.25, 0.3) is 0 Å². The Bertz CT molecular complexity index is 782. The third-order valence-electron chi connectivity index (χ3n) is 3.05. The molecule has 0 aromatic heterocycles. The van der Waals surface area contributed by atoms with E-state index in [0.717, 1.165) is 5.56 Å². The summed E-state index contributed by atoms with van der Waals surface area (Å²) >= 11 is 0. The van der Waals surface area contributed by atoms with E-state index in [1.54, 1.807) is 36.4 Å². The number of hydrogen-bond donors (Lipinski definition) is 2. The molecule has 0 aliphatic heterocycles. The van der Waals surface area contributed by atoms with Crippen molar-refractivity contribution in [1.29, 1.82) is 5.26 Å². The van der Waals surface area contributed by atoms with Crippen molar-refractivity contribution in [3.8, 4) is 11.8 Å². The van der Waals surface area contributed by atoms with Crippen molar-refractivity contribution >= 4 is 18.0 Å². The number of nitriles is 1. The summed E-state index contributed by atoms with van der Waals surface area (Å²) in [6.07, 6.45) is 8.24. The van der Waals surface area contributed by atoms with Gasteiger partial charge in [0.1, 0.15) is 5.75 Å². The fourth-order valence-corrected chi connectivity index (χ4v) is 1.51. The fourth-order valence-electron chi connectivity index (χ4n) is 1.51. The topological polar surface area (TPSA) is 117 Å². The number of aromatic hydroxyl groups is 1. The van der Waals surface area contributed by atoms with Crippen molar-refractivity contribution in [2.75, 3.05) is 13.9 Å². The lowest BCUT2D eigenvalue weighted by Gasteiger charge is -2.03. The first-order valence-electron chi connectivity index (χ1n) is 8.07. The van der Waals surface area contributed by atoms with Crippen LogP contribution >= 0.6 is 0 Å². The summed E-state index contributed by atoms with van der Waals surface area (Å²) in [5.74, 6) is -1.36. The number of carboxylic acid groups (broad SMARTS) is 1. The van der Waals surface area contributed by atoms with Crippen LogP contribution in [0.1, 0.15) is 18.9 Å². The van der Waals surface area contributed by atoms with Gasteiger partial charge in [-0.1, -0.05) is 43.0 Å². The molecule has 0 radical (unpaired) electrons. The Labute approximate surface area is 164 Å². The second kappa shape index (κ2) is 14.5. The van der Waals surface area contributed by atoms with Crippen LogP contribution in [-0.2, 0) is 19.1 Å². The third-order valence-corrected chi connectivity index (χ3v) is 3.05. The van der Waals surface area contributed by atoms with Crippen LogP contribution in [0, 0.1) is 11.3 Å². The molecular formula is C21H23NO6. The molecule has 0 atom stereocenters. The molecule has 0 amide bonds. The number of benzene rings is 1. The molecule has 0 bridgehead atoms. The molecule has 0 fully saturated rings. The van der Waals surface area contributed by atoms with Crippen molar-refractivity contribution in [3.05, 3.63) is 71.9 Å². The number of esters is 1. The molecule has 148 valence electrons. The summed E-state index contributed by atoms with van der Waals surface area (Å²) in [5, 5.41) is 25.7. The van der Waals surface area contributed by atoms with Gasteiger partial charge in [-0.15, -0.1) is 0 Å². The third kappa shape index (κ3) is 11.8. The monoisotopic (exact) mass is 385 g/mol. The molecule has 0 unspecified atom stereocenters. The second-order valence-electron chi connectivity index (χ2n) is 5.28. The minimum Gasteiger partial charge on any atom is -0.508 e. The number of ether oxygens (including phenoxy) is 2. The highest BCUT2D eigenvalue weighted by atomic mass is 16.7. The molecule has 0 saturated carbocycles. The van der Waals surface area contributed by atoms with Crippen LogP contribution in [0.5, 0.6) is 5.75 Å². The highest BCUT2D eigenvalue weighted by molar-refractivity contribution is 5.89. The van der Waals surface area contributed by atoms with Gasteiger partial charge in [-0.2, -0.15) is 5.26 Å². The predicted octanol–water partition coefficient (Wildman–Crippen LogP) is 3.60. The fraction of sp³-hybridized carbons (Fsp3) is 0.190. The van der Waals surface area contributed by atoms with Gasteiger partial charge in [0, 0.05) is 24.3 Å². The van der Waals surface area contributed by atoms with Crippen molar-refractivity contribution in [3.63, 3.8) is 0 Å². The van der Waals surface area contributed by atoms with Gasteiger partial charge < -0.3 is 19.7 Å². The minimum absolute atomic E-state index is 0.139. The Kier molecular flexibility index (Phi) is 12.6. The molecule has 2 N–H and O–H groups in total. The van der Waals surface area contributed by atoms with E-state index in [-0.39, 0.29) is 30.1 Å². The summed E-state index contributed by atoms with van der Waals surface area (Å²) in [5.41, 5.74) is 1.34. The molecule has 7 heteroatoms.